The van der Waals surface area contributed by atoms with Gasteiger partial charge in [0.15, 0.2) is 0 Å². The van der Waals surface area contributed by atoms with Gasteiger partial charge in [-0.05, 0) is 43.7 Å². The molecule has 7 heteroatoms. The van der Waals surface area contributed by atoms with Crippen LogP contribution in [-0.2, 0) is 0 Å². The van der Waals surface area contributed by atoms with Gasteiger partial charge in [0.25, 0.3) is 5.56 Å². The average Bonchev–Trinajstić information content (AvgIpc) is 2.73. The summed E-state index contributed by atoms with van der Waals surface area (Å²) < 4.78 is 8.05. The molecule has 1 aromatic heterocycles. The van der Waals surface area contributed by atoms with Crippen molar-refractivity contribution in [1.29, 1.82) is 0 Å². The molecule has 158 valence electrons. The SMILES string of the molecule is CCOc1cc(N(C)C)ccc1C=Nn1c([C@H](C)CC)nc2ccc(Br)cc2c1=O. The Morgan fingerprint density at radius 3 is 2.67 bits per heavy atom. The van der Waals surface area contributed by atoms with E-state index in [1.807, 2.05) is 56.3 Å². The third-order valence-corrected chi connectivity index (χ3v) is 5.51. The molecule has 3 rings (SSSR count). The third-order valence-electron chi connectivity index (χ3n) is 5.01. The van der Waals surface area contributed by atoms with Crippen LogP contribution in [-0.4, -0.2) is 36.6 Å². The summed E-state index contributed by atoms with van der Waals surface area (Å²) >= 11 is 3.44. The van der Waals surface area contributed by atoms with E-state index in [0.717, 1.165) is 27.9 Å². The molecule has 0 saturated carbocycles. The van der Waals surface area contributed by atoms with Crippen molar-refractivity contribution >= 4 is 38.7 Å². The third kappa shape index (κ3) is 4.56. The number of hydrogen-bond acceptors (Lipinski definition) is 5. The molecule has 1 heterocycles. The molecular weight excluding hydrogens is 444 g/mol. The summed E-state index contributed by atoms with van der Waals surface area (Å²) in [7, 11) is 3.96. The van der Waals surface area contributed by atoms with Gasteiger partial charge < -0.3 is 9.64 Å². The van der Waals surface area contributed by atoms with Crippen LogP contribution >= 0.6 is 15.9 Å². The first kappa shape index (κ1) is 22.0. The minimum atomic E-state index is -0.185. The minimum absolute atomic E-state index is 0.0883. The van der Waals surface area contributed by atoms with Gasteiger partial charge in [0, 0.05) is 41.8 Å². The fourth-order valence-corrected chi connectivity index (χ4v) is 3.45. The first-order valence-electron chi connectivity index (χ1n) is 10.1. The highest BCUT2D eigenvalue weighted by Crippen LogP contribution is 2.25. The molecule has 1 atom stereocenters. The zero-order valence-electron chi connectivity index (χ0n) is 18.0. The normalized spacial score (nSPS) is 12.5. The Morgan fingerprint density at radius 1 is 1.23 bits per heavy atom. The van der Waals surface area contributed by atoms with Crippen molar-refractivity contribution in [3.8, 4) is 5.75 Å². The topological polar surface area (TPSA) is 59.7 Å². The Morgan fingerprint density at radius 2 is 2.00 bits per heavy atom. The van der Waals surface area contributed by atoms with Crippen LogP contribution in [0.5, 0.6) is 5.75 Å². The Hall–Kier alpha value is -2.67. The van der Waals surface area contributed by atoms with Crippen molar-refractivity contribution < 1.29 is 4.74 Å². The lowest BCUT2D eigenvalue weighted by molar-refractivity contribution is 0.340. The van der Waals surface area contributed by atoms with Crippen molar-refractivity contribution in [2.75, 3.05) is 25.6 Å². The number of benzene rings is 2. The Bertz CT molecular complexity index is 1140. The van der Waals surface area contributed by atoms with E-state index in [4.69, 9.17) is 9.72 Å². The van der Waals surface area contributed by atoms with Gasteiger partial charge >= 0.3 is 0 Å². The molecule has 30 heavy (non-hydrogen) atoms. The van der Waals surface area contributed by atoms with Crippen molar-refractivity contribution in [2.24, 2.45) is 5.10 Å². The van der Waals surface area contributed by atoms with Crippen molar-refractivity contribution in [2.45, 2.75) is 33.1 Å². The van der Waals surface area contributed by atoms with E-state index in [1.54, 1.807) is 12.3 Å². The highest BCUT2D eigenvalue weighted by atomic mass is 79.9. The van der Waals surface area contributed by atoms with E-state index in [-0.39, 0.29) is 11.5 Å². The lowest BCUT2D eigenvalue weighted by atomic mass is 10.1. The Labute approximate surface area is 185 Å². The highest BCUT2D eigenvalue weighted by Gasteiger charge is 2.16. The summed E-state index contributed by atoms with van der Waals surface area (Å²) in [6.45, 7) is 6.61. The molecule has 0 spiro atoms. The smallest absolute Gasteiger partial charge is 0.282 e. The van der Waals surface area contributed by atoms with Gasteiger partial charge in [-0.2, -0.15) is 9.78 Å². The molecular formula is C23H27BrN4O2. The number of halogens is 1. The number of anilines is 1. The van der Waals surface area contributed by atoms with Crippen LogP contribution in [0.25, 0.3) is 10.9 Å². The number of nitrogens with zero attached hydrogens (tertiary/aromatic N) is 4. The molecule has 0 bridgehead atoms. The van der Waals surface area contributed by atoms with Crippen LogP contribution < -0.4 is 15.2 Å². The predicted molar refractivity (Wildman–Crippen MR) is 127 cm³/mol. The van der Waals surface area contributed by atoms with Gasteiger partial charge in [-0.15, -0.1) is 0 Å². The van der Waals surface area contributed by atoms with E-state index >= 15 is 0 Å². The van der Waals surface area contributed by atoms with Crippen molar-refractivity contribution in [3.05, 3.63) is 62.6 Å². The molecule has 0 unspecified atom stereocenters. The monoisotopic (exact) mass is 470 g/mol. The lowest BCUT2D eigenvalue weighted by Crippen LogP contribution is -2.23. The number of hydrogen-bond donors (Lipinski definition) is 0. The molecule has 0 aliphatic heterocycles. The minimum Gasteiger partial charge on any atom is -0.493 e. The van der Waals surface area contributed by atoms with Gasteiger partial charge in [-0.3, -0.25) is 4.79 Å². The molecule has 0 fully saturated rings. The summed E-state index contributed by atoms with van der Waals surface area (Å²) in [6, 6.07) is 11.5. The summed E-state index contributed by atoms with van der Waals surface area (Å²) in [5, 5.41) is 5.08. The van der Waals surface area contributed by atoms with Crippen LogP contribution in [0.2, 0.25) is 0 Å². The molecule has 0 aliphatic carbocycles. The molecule has 6 nitrogen and oxygen atoms in total. The second-order valence-electron chi connectivity index (χ2n) is 7.35. The van der Waals surface area contributed by atoms with Crippen LogP contribution in [0.15, 0.2) is 50.8 Å². The zero-order chi connectivity index (χ0) is 21.8. The van der Waals surface area contributed by atoms with Gasteiger partial charge in [-0.1, -0.05) is 29.8 Å². The second kappa shape index (κ2) is 9.43. The van der Waals surface area contributed by atoms with E-state index in [1.165, 1.54) is 4.68 Å². The van der Waals surface area contributed by atoms with Gasteiger partial charge in [-0.25, -0.2) is 4.98 Å². The van der Waals surface area contributed by atoms with Gasteiger partial charge in [0.05, 0.1) is 23.7 Å². The maximum Gasteiger partial charge on any atom is 0.282 e. The summed E-state index contributed by atoms with van der Waals surface area (Å²) in [5.74, 6) is 1.46. The summed E-state index contributed by atoms with van der Waals surface area (Å²) in [6.07, 6.45) is 2.52. The Balaban J connectivity index is 2.16. The Kier molecular flexibility index (Phi) is 6.92. The first-order valence-corrected chi connectivity index (χ1v) is 10.9. The molecule has 3 aromatic rings. The fraction of sp³-hybridized carbons (Fsp3) is 0.348. The molecule has 0 aliphatic rings. The molecule has 0 N–H and O–H groups in total. The first-order chi connectivity index (χ1) is 14.3. The largest absolute Gasteiger partial charge is 0.493 e. The number of aromatic nitrogens is 2. The number of fused-ring (bicyclic) bond motifs is 1. The predicted octanol–water partition coefficient (Wildman–Crippen LogP) is 5.02. The zero-order valence-corrected chi connectivity index (χ0v) is 19.6. The van der Waals surface area contributed by atoms with Gasteiger partial charge in [0.1, 0.15) is 11.6 Å². The van der Waals surface area contributed by atoms with E-state index < -0.39 is 0 Å². The maximum atomic E-state index is 13.2. The average molecular weight is 471 g/mol. The van der Waals surface area contributed by atoms with E-state index in [2.05, 4.69) is 34.9 Å². The van der Waals surface area contributed by atoms with Crippen LogP contribution in [0.4, 0.5) is 5.69 Å². The van der Waals surface area contributed by atoms with E-state index in [9.17, 15) is 4.79 Å². The van der Waals surface area contributed by atoms with Crippen LogP contribution in [0, 0.1) is 0 Å². The molecule has 0 amide bonds. The molecule has 0 saturated heterocycles. The molecule has 2 aromatic carbocycles. The molecule has 0 radical (unpaired) electrons. The van der Waals surface area contributed by atoms with E-state index in [0.29, 0.717) is 23.3 Å². The quantitative estimate of drug-likeness (QED) is 0.454. The van der Waals surface area contributed by atoms with Crippen molar-refractivity contribution in [3.63, 3.8) is 0 Å². The number of rotatable bonds is 7. The second-order valence-corrected chi connectivity index (χ2v) is 8.27. The van der Waals surface area contributed by atoms with Crippen LogP contribution in [0.3, 0.4) is 0 Å². The van der Waals surface area contributed by atoms with Gasteiger partial charge in [0.2, 0.25) is 0 Å². The fourth-order valence-electron chi connectivity index (χ4n) is 3.09. The standard InChI is InChI=1S/C23H27BrN4O2/c1-6-15(3)22-26-20-11-9-17(24)12-19(20)23(29)28(22)25-14-16-8-10-18(27(4)5)13-21(16)30-7-2/h8-15H,6-7H2,1-5H3/t15-/m1/s1. The lowest BCUT2D eigenvalue weighted by Gasteiger charge is -2.16. The number of ether oxygens (including phenoxy) is 1. The van der Waals surface area contributed by atoms with Crippen LogP contribution in [0.1, 0.15) is 44.5 Å². The summed E-state index contributed by atoms with van der Waals surface area (Å²) in [5.41, 5.74) is 2.33. The maximum absolute atomic E-state index is 13.2. The summed E-state index contributed by atoms with van der Waals surface area (Å²) in [4.78, 5) is 20.0. The highest BCUT2D eigenvalue weighted by molar-refractivity contribution is 9.10. The van der Waals surface area contributed by atoms with Crippen molar-refractivity contribution in [1.82, 2.24) is 9.66 Å².